The summed E-state index contributed by atoms with van der Waals surface area (Å²) in [6.07, 6.45) is 0.211. The Balaban J connectivity index is 3.23. The van der Waals surface area contributed by atoms with E-state index in [-0.39, 0.29) is 12.3 Å². The molecule has 94 valence electrons. The van der Waals surface area contributed by atoms with Crippen molar-refractivity contribution in [3.8, 4) is 0 Å². The number of hydrogen-bond donors (Lipinski definition) is 1. The number of hydrogen-bond acceptors (Lipinski definition) is 1. The lowest BCUT2D eigenvalue weighted by Crippen LogP contribution is -2.15. The Morgan fingerprint density at radius 1 is 1.18 bits per heavy atom. The molecule has 2 nitrogen and oxygen atoms in total. The van der Waals surface area contributed by atoms with Crippen LogP contribution in [0.15, 0.2) is 12.1 Å². The van der Waals surface area contributed by atoms with Crippen molar-refractivity contribution in [2.45, 2.75) is 47.0 Å². The van der Waals surface area contributed by atoms with Gasteiger partial charge in [0.1, 0.15) is 0 Å². The Morgan fingerprint density at radius 3 is 2.00 bits per heavy atom. The molecular formula is C15H22O2. The molecule has 1 unspecified atom stereocenters. The van der Waals surface area contributed by atoms with Gasteiger partial charge in [0.15, 0.2) is 0 Å². The van der Waals surface area contributed by atoms with Crippen molar-refractivity contribution in [3.63, 3.8) is 0 Å². The zero-order valence-electron chi connectivity index (χ0n) is 11.4. The van der Waals surface area contributed by atoms with Crippen LogP contribution in [0.4, 0.5) is 0 Å². The number of aryl methyl sites for hydroxylation is 3. The van der Waals surface area contributed by atoms with E-state index < -0.39 is 5.97 Å². The van der Waals surface area contributed by atoms with E-state index in [1.807, 2.05) is 0 Å². The maximum atomic E-state index is 11.0. The fraction of sp³-hybridized carbons (Fsp3) is 0.533. The predicted octanol–water partition coefficient (Wildman–Crippen LogP) is 3.83. The summed E-state index contributed by atoms with van der Waals surface area (Å²) in [5, 5.41) is 9.03. The first kappa shape index (κ1) is 13.8. The standard InChI is InChI=1S/C15H22O2/c1-9(2)13(8-14(16)17)15-11(4)6-10(3)7-12(15)5/h6-7,9,13H,8H2,1-5H3,(H,16,17). The molecule has 0 fully saturated rings. The molecule has 0 bridgehead atoms. The van der Waals surface area contributed by atoms with Gasteiger partial charge in [0.25, 0.3) is 0 Å². The Bertz CT molecular complexity index is 396. The van der Waals surface area contributed by atoms with Crippen molar-refractivity contribution in [1.29, 1.82) is 0 Å². The normalized spacial score (nSPS) is 12.8. The third-order valence-corrected chi connectivity index (χ3v) is 3.31. The summed E-state index contributed by atoms with van der Waals surface area (Å²) in [7, 11) is 0. The molecule has 0 spiro atoms. The van der Waals surface area contributed by atoms with Crippen LogP contribution in [0, 0.1) is 26.7 Å². The highest BCUT2D eigenvalue weighted by atomic mass is 16.4. The van der Waals surface area contributed by atoms with Crippen LogP contribution >= 0.6 is 0 Å². The lowest BCUT2D eigenvalue weighted by molar-refractivity contribution is -0.137. The highest BCUT2D eigenvalue weighted by molar-refractivity contribution is 5.68. The molecule has 0 saturated heterocycles. The lowest BCUT2D eigenvalue weighted by atomic mass is 9.81. The van der Waals surface area contributed by atoms with Crippen LogP contribution in [0.2, 0.25) is 0 Å². The van der Waals surface area contributed by atoms with Crippen molar-refractivity contribution in [1.82, 2.24) is 0 Å². The monoisotopic (exact) mass is 234 g/mol. The molecule has 0 amide bonds. The van der Waals surface area contributed by atoms with Gasteiger partial charge in [-0.1, -0.05) is 31.5 Å². The fourth-order valence-electron chi connectivity index (χ4n) is 2.64. The number of carboxylic acids is 1. The molecule has 1 atom stereocenters. The molecule has 0 aliphatic carbocycles. The molecule has 2 heteroatoms. The van der Waals surface area contributed by atoms with Crippen molar-refractivity contribution >= 4 is 5.97 Å². The van der Waals surface area contributed by atoms with Crippen molar-refractivity contribution in [2.24, 2.45) is 5.92 Å². The minimum atomic E-state index is -0.719. The van der Waals surface area contributed by atoms with Gasteiger partial charge in [0, 0.05) is 0 Å². The topological polar surface area (TPSA) is 37.3 Å². The SMILES string of the molecule is Cc1cc(C)c(C(CC(=O)O)C(C)C)c(C)c1. The highest BCUT2D eigenvalue weighted by Crippen LogP contribution is 2.33. The highest BCUT2D eigenvalue weighted by Gasteiger charge is 2.22. The summed E-state index contributed by atoms with van der Waals surface area (Å²) in [5.74, 6) is -0.276. The van der Waals surface area contributed by atoms with Gasteiger partial charge in [-0.15, -0.1) is 0 Å². The summed E-state index contributed by atoms with van der Waals surface area (Å²) >= 11 is 0. The Kier molecular flexibility index (Phi) is 4.33. The minimum Gasteiger partial charge on any atom is -0.481 e. The van der Waals surface area contributed by atoms with Crippen LogP contribution in [-0.4, -0.2) is 11.1 Å². The Labute approximate surface area is 104 Å². The summed E-state index contributed by atoms with van der Waals surface area (Å²) < 4.78 is 0. The van der Waals surface area contributed by atoms with Gasteiger partial charge in [-0.25, -0.2) is 0 Å². The number of carbonyl (C=O) groups is 1. The van der Waals surface area contributed by atoms with Gasteiger partial charge in [-0.05, 0) is 49.3 Å². The van der Waals surface area contributed by atoms with Crippen LogP contribution in [0.1, 0.15) is 48.4 Å². The molecular weight excluding hydrogens is 212 g/mol. The van der Waals surface area contributed by atoms with Crippen molar-refractivity contribution in [2.75, 3.05) is 0 Å². The number of aliphatic carboxylic acids is 1. The second kappa shape index (κ2) is 5.35. The third-order valence-electron chi connectivity index (χ3n) is 3.31. The zero-order valence-corrected chi connectivity index (χ0v) is 11.4. The molecule has 0 saturated carbocycles. The molecule has 1 aromatic carbocycles. The van der Waals surface area contributed by atoms with Crippen LogP contribution in [-0.2, 0) is 4.79 Å². The zero-order chi connectivity index (χ0) is 13.2. The fourth-order valence-corrected chi connectivity index (χ4v) is 2.64. The average molecular weight is 234 g/mol. The van der Waals surface area contributed by atoms with Crippen LogP contribution < -0.4 is 0 Å². The molecule has 0 aliphatic heterocycles. The number of rotatable bonds is 4. The first-order chi connectivity index (χ1) is 7.82. The molecule has 1 rings (SSSR count). The van der Waals surface area contributed by atoms with E-state index in [0.29, 0.717) is 5.92 Å². The second-order valence-electron chi connectivity index (χ2n) is 5.26. The molecule has 1 N–H and O–H groups in total. The molecule has 17 heavy (non-hydrogen) atoms. The maximum Gasteiger partial charge on any atom is 0.303 e. The molecule has 0 aliphatic rings. The van der Waals surface area contributed by atoms with E-state index >= 15 is 0 Å². The average Bonchev–Trinajstić information content (AvgIpc) is 2.13. The molecule has 1 aromatic rings. The Hall–Kier alpha value is -1.31. The Morgan fingerprint density at radius 2 is 1.65 bits per heavy atom. The maximum absolute atomic E-state index is 11.0. The first-order valence-electron chi connectivity index (χ1n) is 6.12. The predicted molar refractivity (Wildman–Crippen MR) is 70.5 cm³/mol. The summed E-state index contributed by atoms with van der Waals surface area (Å²) in [6, 6.07) is 4.28. The van der Waals surface area contributed by atoms with Crippen molar-refractivity contribution in [3.05, 3.63) is 34.4 Å². The van der Waals surface area contributed by atoms with Gasteiger partial charge in [0.2, 0.25) is 0 Å². The first-order valence-corrected chi connectivity index (χ1v) is 6.12. The van der Waals surface area contributed by atoms with Gasteiger partial charge >= 0.3 is 5.97 Å². The van der Waals surface area contributed by atoms with E-state index in [4.69, 9.17) is 5.11 Å². The van der Waals surface area contributed by atoms with E-state index in [1.165, 1.54) is 22.3 Å². The largest absolute Gasteiger partial charge is 0.481 e. The summed E-state index contributed by atoms with van der Waals surface area (Å²) in [6.45, 7) is 10.4. The van der Waals surface area contributed by atoms with Crippen LogP contribution in [0.25, 0.3) is 0 Å². The number of carboxylic acid groups (broad SMARTS) is 1. The van der Waals surface area contributed by atoms with E-state index in [2.05, 4.69) is 46.8 Å². The molecule has 0 heterocycles. The van der Waals surface area contributed by atoms with E-state index in [0.717, 1.165) is 0 Å². The number of benzene rings is 1. The van der Waals surface area contributed by atoms with E-state index in [1.54, 1.807) is 0 Å². The quantitative estimate of drug-likeness (QED) is 0.859. The smallest absolute Gasteiger partial charge is 0.303 e. The molecule has 0 aromatic heterocycles. The van der Waals surface area contributed by atoms with Gasteiger partial charge < -0.3 is 5.11 Å². The molecule has 0 radical (unpaired) electrons. The second-order valence-corrected chi connectivity index (χ2v) is 5.26. The summed E-state index contributed by atoms with van der Waals surface area (Å²) in [4.78, 5) is 11.0. The van der Waals surface area contributed by atoms with Crippen LogP contribution in [0.5, 0.6) is 0 Å². The van der Waals surface area contributed by atoms with Gasteiger partial charge in [-0.2, -0.15) is 0 Å². The van der Waals surface area contributed by atoms with Gasteiger partial charge in [0.05, 0.1) is 6.42 Å². The summed E-state index contributed by atoms with van der Waals surface area (Å²) in [5.41, 5.74) is 4.87. The van der Waals surface area contributed by atoms with Gasteiger partial charge in [-0.3, -0.25) is 4.79 Å². The van der Waals surface area contributed by atoms with Crippen LogP contribution in [0.3, 0.4) is 0 Å². The lowest BCUT2D eigenvalue weighted by Gasteiger charge is -2.24. The third kappa shape index (κ3) is 3.32. The van der Waals surface area contributed by atoms with E-state index in [9.17, 15) is 4.79 Å². The minimum absolute atomic E-state index is 0.105. The van der Waals surface area contributed by atoms with Crippen molar-refractivity contribution < 1.29 is 9.90 Å².